The van der Waals surface area contributed by atoms with Gasteiger partial charge in [-0.1, -0.05) is 48.5 Å². The van der Waals surface area contributed by atoms with Crippen molar-refractivity contribution in [2.24, 2.45) is 0 Å². The lowest BCUT2D eigenvalue weighted by Crippen LogP contribution is -2.13. The molecule has 0 aliphatic carbocycles. The maximum Gasteiger partial charge on any atom is 0.134 e. The molecule has 3 nitrogen and oxygen atoms in total. The Bertz CT molecular complexity index is 646. The van der Waals surface area contributed by atoms with E-state index in [4.69, 9.17) is 9.25 Å². The zero-order chi connectivity index (χ0) is 12.9. The van der Waals surface area contributed by atoms with E-state index in [2.05, 4.69) is 5.48 Å². The number of furan rings is 1. The fourth-order valence-corrected chi connectivity index (χ4v) is 2.01. The molecule has 0 aliphatic heterocycles. The van der Waals surface area contributed by atoms with Gasteiger partial charge in [0.1, 0.15) is 5.58 Å². The summed E-state index contributed by atoms with van der Waals surface area (Å²) >= 11 is 0. The lowest BCUT2D eigenvalue weighted by molar-refractivity contribution is 0.0236. The molecule has 3 heteroatoms. The van der Waals surface area contributed by atoms with Gasteiger partial charge in [0.25, 0.3) is 0 Å². The highest BCUT2D eigenvalue weighted by Gasteiger charge is 2.04. The average Bonchev–Trinajstić information content (AvgIpc) is 2.88. The number of benzene rings is 2. The first-order chi connectivity index (χ1) is 9.43. The van der Waals surface area contributed by atoms with Crippen LogP contribution in [-0.4, -0.2) is 0 Å². The molecule has 1 aromatic heterocycles. The molecular formula is C16H15NO2. The van der Waals surface area contributed by atoms with Crippen LogP contribution in [0.15, 0.2) is 65.3 Å². The van der Waals surface area contributed by atoms with Gasteiger partial charge < -0.3 is 4.42 Å². The van der Waals surface area contributed by atoms with Crippen molar-refractivity contribution in [1.82, 2.24) is 5.48 Å². The molecule has 96 valence electrons. The average molecular weight is 253 g/mol. The van der Waals surface area contributed by atoms with Crippen LogP contribution in [0.3, 0.4) is 0 Å². The first-order valence-electron chi connectivity index (χ1n) is 6.27. The summed E-state index contributed by atoms with van der Waals surface area (Å²) in [4.78, 5) is 5.45. The van der Waals surface area contributed by atoms with E-state index in [1.54, 1.807) is 6.26 Å². The Hall–Kier alpha value is -2.10. The molecule has 0 radical (unpaired) electrons. The van der Waals surface area contributed by atoms with Gasteiger partial charge in [0.2, 0.25) is 0 Å². The van der Waals surface area contributed by atoms with Crippen LogP contribution in [0.25, 0.3) is 11.0 Å². The van der Waals surface area contributed by atoms with Gasteiger partial charge in [-0.05, 0) is 11.6 Å². The molecule has 0 amide bonds. The molecule has 19 heavy (non-hydrogen) atoms. The first-order valence-corrected chi connectivity index (χ1v) is 6.27. The van der Waals surface area contributed by atoms with Gasteiger partial charge in [0, 0.05) is 17.5 Å². The summed E-state index contributed by atoms with van der Waals surface area (Å²) in [5, 5.41) is 1.12. The van der Waals surface area contributed by atoms with E-state index in [0.717, 1.165) is 22.1 Å². The van der Waals surface area contributed by atoms with E-state index in [1.165, 1.54) is 0 Å². The highest BCUT2D eigenvalue weighted by molar-refractivity contribution is 5.80. The monoisotopic (exact) mass is 253 g/mol. The highest BCUT2D eigenvalue weighted by atomic mass is 16.6. The molecule has 0 saturated carbocycles. The summed E-state index contributed by atoms with van der Waals surface area (Å²) in [6.07, 6.45) is 1.77. The lowest BCUT2D eigenvalue weighted by Gasteiger charge is -2.04. The smallest absolute Gasteiger partial charge is 0.134 e. The number of fused-ring (bicyclic) bond motifs is 1. The normalized spacial score (nSPS) is 10.9. The largest absolute Gasteiger partial charge is 0.464 e. The van der Waals surface area contributed by atoms with Gasteiger partial charge in [-0.25, -0.2) is 0 Å². The second-order valence-electron chi connectivity index (χ2n) is 4.35. The quantitative estimate of drug-likeness (QED) is 0.556. The topological polar surface area (TPSA) is 34.4 Å². The SMILES string of the molecule is c1ccc(CONCc2coc3ccccc23)cc1. The van der Waals surface area contributed by atoms with Crippen molar-refractivity contribution in [2.75, 3.05) is 0 Å². The van der Waals surface area contributed by atoms with Gasteiger partial charge in [0.15, 0.2) is 0 Å². The Balaban J connectivity index is 1.55. The number of hydroxylamine groups is 1. The van der Waals surface area contributed by atoms with E-state index < -0.39 is 0 Å². The maximum atomic E-state index is 5.47. The van der Waals surface area contributed by atoms with Crippen LogP contribution in [0.1, 0.15) is 11.1 Å². The summed E-state index contributed by atoms with van der Waals surface area (Å²) in [5.74, 6) is 0. The van der Waals surface area contributed by atoms with Crippen LogP contribution in [0.2, 0.25) is 0 Å². The standard InChI is InChI=1S/C16H15NO2/c1-2-6-13(7-3-1)11-19-17-10-14-12-18-16-9-5-4-8-15(14)16/h1-9,12,17H,10-11H2. The van der Waals surface area contributed by atoms with Crippen molar-refractivity contribution in [3.05, 3.63) is 72.0 Å². The van der Waals surface area contributed by atoms with Gasteiger partial charge in [0.05, 0.1) is 12.9 Å². The van der Waals surface area contributed by atoms with Crippen molar-refractivity contribution >= 4 is 11.0 Å². The first kappa shape index (κ1) is 12.0. The molecule has 1 heterocycles. The van der Waals surface area contributed by atoms with Crippen LogP contribution in [0.4, 0.5) is 0 Å². The molecule has 0 spiro atoms. The fourth-order valence-electron chi connectivity index (χ4n) is 2.01. The molecule has 3 rings (SSSR count). The third-order valence-corrected chi connectivity index (χ3v) is 3.01. The summed E-state index contributed by atoms with van der Waals surface area (Å²) < 4.78 is 5.47. The lowest BCUT2D eigenvalue weighted by atomic mass is 10.2. The number of para-hydroxylation sites is 1. The summed E-state index contributed by atoms with van der Waals surface area (Å²) in [5.41, 5.74) is 6.12. The third-order valence-electron chi connectivity index (χ3n) is 3.01. The Kier molecular flexibility index (Phi) is 3.58. The van der Waals surface area contributed by atoms with E-state index >= 15 is 0 Å². The summed E-state index contributed by atoms with van der Waals surface area (Å²) in [7, 11) is 0. The second kappa shape index (κ2) is 5.69. The van der Waals surface area contributed by atoms with Crippen molar-refractivity contribution in [2.45, 2.75) is 13.2 Å². The highest BCUT2D eigenvalue weighted by Crippen LogP contribution is 2.20. The van der Waals surface area contributed by atoms with Crippen LogP contribution in [0.5, 0.6) is 0 Å². The van der Waals surface area contributed by atoms with Crippen molar-refractivity contribution < 1.29 is 9.25 Å². The minimum Gasteiger partial charge on any atom is -0.464 e. The minimum atomic E-state index is 0.552. The predicted molar refractivity (Wildman–Crippen MR) is 74.3 cm³/mol. The molecule has 2 aromatic carbocycles. The number of hydrogen-bond acceptors (Lipinski definition) is 3. The van der Waals surface area contributed by atoms with Crippen LogP contribution in [-0.2, 0) is 18.0 Å². The molecular weight excluding hydrogens is 238 g/mol. The Labute approximate surface area is 111 Å². The number of nitrogens with one attached hydrogen (secondary N) is 1. The predicted octanol–water partition coefficient (Wildman–Crippen LogP) is 3.65. The molecule has 0 atom stereocenters. The maximum absolute atomic E-state index is 5.47. The van der Waals surface area contributed by atoms with Gasteiger partial charge in [-0.2, -0.15) is 5.48 Å². The van der Waals surface area contributed by atoms with Crippen molar-refractivity contribution in [3.63, 3.8) is 0 Å². The molecule has 0 bridgehead atoms. The molecule has 0 unspecified atom stereocenters. The minimum absolute atomic E-state index is 0.552. The van der Waals surface area contributed by atoms with Crippen LogP contribution < -0.4 is 5.48 Å². The number of hydrogen-bond donors (Lipinski definition) is 1. The molecule has 0 saturated heterocycles. The Morgan fingerprint density at radius 2 is 1.74 bits per heavy atom. The molecule has 0 fully saturated rings. The van der Waals surface area contributed by atoms with Crippen molar-refractivity contribution in [1.29, 1.82) is 0 Å². The van der Waals surface area contributed by atoms with Gasteiger partial charge in [-0.3, -0.25) is 4.84 Å². The van der Waals surface area contributed by atoms with Crippen LogP contribution >= 0.6 is 0 Å². The molecule has 1 N–H and O–H groups in total. The van der Waals surface area contributed by atoms with Gasteiger partial charge >= 0.3 is 0 Å². The van der Waals surface area contributed by atoms with Crippen LogP contribution in [0, 0.1) is 0 Å². The zero-order valence-electron chi connectivity index (χ0n) is 10.5. The number of rotatable bonds is 5. The van der Waals surface area contributed by atoms with E-state index in [9.17, 15) is 0 Å². The zero-order valence-corrected chi connectivity index (χ0v) is 10.5. The Morgan fingerprint density at radius 1 is 0.947 bits per heavy atom. The summed E-state index contributed by atoms with van der Waals surface area (Å²) in [6, 6.07) is 18.1. The summed E-state index contributed by atoms with van der Waals surface area (Å²) in [6.45, 7) is 1.18. The van der Waals surface area contributed by atoms with E-state index in [-0.39, 0.29) is 0 Å². The van der Waals surface area contributed by atoms with E-state index in [0.29, 0.717) is 13.2 Å². The van der Waals surface area contributed by atoms with E-state index in [1.807, 2.05) is 54.6 Å². The molecule has 3 aromatic rings. The fraction of sp³-hybridized carbons (Fsp3) is 0.125. The third kappa shape index (κ3) is 2.84. The Morgan fingerprint density at radius 3 is 2.63 bits per heavy atom. The van der Waals surface area contributed by atoms with Gasteiger partial charge in [-0.15, -0.1) is 0 Å². The second-order valence-corrected chi connectivity index (χ2v) is 4.35. The molecule has 0 aliphatic rings. The van der Waals surface area contributed by atoms with Crippen molar-refractivity contribution in [3.8, 4) is 0 Å².